The monoisotopic (exact) mass is 516 g/mol. The number of amides is 1. The number of alkyl halides is 2. The maximum atomic E-state index is 15.7. The Balaban J connectivity index is 1.39. The van der Waals surface area contributed by atoms with E-state index in [-0.39, 0.29) is 23.5 Å². The van der Waals surface area contributed by atoms with Crippen LogP contribution in [0.15, 0.2) is 16.9 Å². The molecule has 12 heteroatoms. The number of nitrogens with zero attached hydrogens (tertiary/aromatic N) is 4. The molecule has 0 unspecified atom stereocenters. The summed E-state index contributed by atoms with van der Waals surface area (Å²) in [5, 5.41) is 2.56. The minimum Gasteiger partial charge on any atom is -0.493 e. The molecule has 2 aliphatic heterocycles. The van der Waals surface area contributed by atoms with E-state index in [0.717, 1.165) is 11.4 Å². The normalized spacial score (nSPS) is 16.1. The summed E-state index contributed by atoms with van der Waals surface area (Å²) >= 11 is 0. The molecule has 0 radical (unpaired) electrons. The van der Waals surface area contributed by atoms with Crippen molar-refractivity contribution in [1.82, 2.24) is 25.2 Å². The number of piperazine rings is 1. The van der Waals surface area contributed by atoms with Crippen LogP contribution in [0.2, 0.25) is 0 Å². The molecule has 1 aromatic carbocycles. The standard InChI is InChI=1S/C25H27F3N6O3/c1-13-17(6-5-16(30-13)24(35)29-2)34-9-7-33(8-10-34)12-15-18(26)20-19(14-4-3-11-37-22(14)15)31-21(23(27)28)25(36)32-20/h5-6,23H,3-4,7-12H2,1-2H3,(H,29,35)(H,32,36). The van der Waals surface area contributed by atoms with Crippen molar-refractivity contribution in [3.8, 4) is 5.75 Å². The number of nitrogens with one attached hydrogen (secondary N) is 2. The average Bonchev–Trinajstić information content (AvgIpc) is 2.90. The summed E-state index contributed by atoms with van der Waals surface area (Å²) in [5.74, 6) is -0.610. The van der Waals surface area contributed by atoms with Crippen LogP contribution in [-0.2, 0) is 13.0 Å². The van der Waals surface area contributed by atoms with Crippen LogP contribution < -0.4 is 20.5 Å². The molecular formula is C25H27F3N6O3. The molecule has 0 spiro atoms. The molecule has 196 valence electrons. The number of aromatic nitrogens is 3. The number of H-pyrrole nitrogens is 1. The summed E-state index contributed by atoms with van der Waals surface area (Å²) in [4.78, 5) is 38.8. The van der Waals surface area contributed by atoms with Gasteiger partial charge in [-0.15, -0.1) is 0 Å². The molecule has 4 heterocycles. The van der Waals surface area contributed by atoms with E-state index in [4.69, 9.17) is 4.74 Å². The zero-order chi connectivity index (χ0) is 26.3. The zero-order valence-corrected chi connectivity index (χ0v) is 20.5. The Labute approximate surface area is 210 Å². The van der Waals surface area contributed by atoms with Gasteiger partial charge in [-0.05, 0) is 31.9 Å². The van der Waals surface area contributed by atoms with E-state index in [1.54, 1.807) is 13.1 Å². The quantitative estimate of drug-likeness (QED) is 0.538. The number of aromatic amines is 1. The van der Waals surface area contributed by atoms with Gasteiger partial charge in [0.25, 0.3) is 17.9 Å². The lowest BCUT2D eigenvalue weighted by atomic mass is 9.98. The van der Waals surface area contributed by atoms with E-state index in [1.807, 2.05) is 13.0 Å². The van der Waals surface area contributed by atoms with Gasteiger partial charge in [0.05, 0.1) is 23.5 Å². The lowest BCUT2D eigenvalue weighted by Crippen LogP contribution is -2.46. The fraction of sp³-hybridized carbons (Fsp3) is 0.440. The van der Waals surface area contributed by atoms with Crippen molar-refractivity contribution in [2.24, 2.45) is 0 Å². The van der Waals surface area contributed by atoms with Gasteiger partial charge in [-0.1, -0.05) is 0 Å². The summed E-state index contributed by atoms with van der Waals surface area (Å²) < 4.78 is 48.1. The first-order chi connectivity index (χ1) is 17.8. The van der Waals surface area contributed by atoms with Crippen molar-refractivity contribution in [3.05, 3.63) is 56.5 Å². The van der Waals surface area contributed by atoms with E-state index in [2.05, 4.69) is 30.1 Å². The highest BCUT2D eigenvalue weighted by Gasteiger charge is 2.29. The van der Waals surface area contributed by atoms with Gasteiger partial charge in [0.1, 0.15) is 17.0 Å². The third-order valence-electron chi connectivity index (χ3n) is 6.90. The van der Waals surface area contributed by atoms with E-state index < -0.39 is 23.5 Å². The molecule has 0 saturated carbocycles. The fourth-order valence-corrected chi connectivity index (χ4v) is 5.01. The van der Waals surface area contributed by atoms with E-state index in [9.17, 15) is 18.4 Å². The first-order valence-electron chi connectivity index (χ1n) is 12.1. The Morgan fingerprint density at radius 2 is 1.97 bits per heavy atom. The second kappa shape index (κ2) is 10.0. The van der Waals surface area contributed by atoms with Gasteiger partial charge in [0.2, 0.25) is 0 Å². The van der Waals surface area contributed by atoms with Gasteiger partial charge in [0.15, 0.2) is 11.5 Å². The number of halogens is 3. The predicted molar refractivity (Wildman–Crippen MR) is 131 cm³/mol. The largest absolute Gasteiger partial charge is 0.493 e. The van der Waals surface area contributed by atoms with E-state index in [0.29, 0.717) is 68.2 Å². The summed E-state index contributed by atoms with van der Waals surface area (Å²) in [6.45, 7) is 5.07. The Hall–Kier alpha value is -3.67. The van der Waals surface area contributed by atoms with Crippen LogP contribution >= 0.6 is 0 Å². The highest BCUT2D eigenvalue weighted by molar-refractivity contribution is 5.92. The number of hydrogen-bond donors (Lipinski definition) is 2. The second-order valence-corrected chi connectivity index (χ2v) is 9.17. The van der Waals surface area contributed by atoms with Crippen LogP contribution in [0, 0.1) is 12.7 Å². The number of benzene rings is 1. The van der Waals surface area contributed by atoms with E-state index in [1.165, 1.54) is 0 Å². The number of pyridine rings is 1. The topological polar surface area (TPSA) is 103 Å². The third-order valence-corrected chi connectivity index (χ3v) is 6.90. The fourth-order valence-electron chi connectivity index (χ4n) is 5.01. The molecule has 5 rings (SSSR count). The maximum Gasteiger partial charge on any atom is 0.285 e. The van der Waals surface area contributed by atoms with Crippen molar-refractivity contribution < 1.29 is 22.7 Å². The molecule has 3 aromatic rings. The number of fused-ring (bicyclic) bond motifs is 3. The van der Waals surface area contributed by atoms with Gasteiger partial charge >= 0.3 is 0 Å². The number of rotatable bonds is 5. The van der Waals surface area contributed by atoms with Crippen molar-refractivity contribution in [2.75, 3.05) is 44.7 Å². The molecule has 2 aliphatic rings. The SMILES string of the molecule is CNC(=O)c1ccc(N2CCN(Cc3c4c(c5nc(C(F)F)c(=O)[nH]c5c3F)CCCO4)CC2)c(C)n1. The van der Waals surface area contributed by atoms with Crippen LogP contribution in [0.25, 0.3) is 11.0 Å². The Bertz CT molecular complexity index is 1420. The summed E-state index contributed by atoms with van der Waals surface area (Å²) in [6, 6.07) is 3.57. The molecular weight excluding hydrogens is 489 g/mol. The Morgan fingerprint density at radius 1 is 1.22 bits per heavy atom. The molecule has 0 aliphatic carbocycles. The molecule has 1 saturated heterocycles. The molecule has 37 heavy (non-hydrogen) atoms. The summed E-state index contributed by atoms with van der Waals surface area (Å²) in [7, 11) is 1.56. The van der Waals surface area contributed by atoms with Crippen LogP contribution in [0.5, 0.6) is 5.75 Å². The molecule has 0 bridgehead atoms. The molecule has 0 atom stereocenters. The Kier molecular flexibility index (Phi) is 6.76. The average molecular weight is 517 g/mol. The minimum absolute atomic E-state index is 0.0267. The van der Waals surface area contributed by atoms with Gasteiger partial charge < -0.3 is 19.9 Å². The van der Waals surface area contributed by atoms with Crippen LogP contribution in [0.4, 0.5) is 18.9 Å². The lowest BCUT2D eigenvalue weighted by molar-refractivity contribution is 0.0958. The molecule has 9 nitrogen and oxygen atoms in total. The summed E-state index contributed by atoms with van der Waals surface area (Å²) in [6.07, 6.45) is -1.93. The highest BCUT2D eigenvalue weighted by Crippen LogP contribution is 2.38. The van der Waals surface area contributed by atoms with Crippen molar-refractivity contribution in [2.45, 2.75) is 32.7 Å². The number of carbonyl (C=O) groups excluding carboxylic acids is 1. The summed E-state index contributed by atoms with van der Waals surface area (Å²) in [5.41, 5.74) is 0.732. The second-order valence-electron chi connectivity index (χ2n) is 9.17. The first-order valence-corrected chi connectivity index (χ1v) is 12.1. The van der Waals surface area contributed by atoms with Crippen LogP contribution in [0.3, 0.4) is 0 Å². The van der Waals surface area contributed by atoms with Crippen molar-refractivity contribution >= 4 is 22.6 Å². The predicted octanol–water partition coefficient (Wildman–Crippen LogP) is 2.71. The zero-order valence-electron chi connectivity index (χ0n) is 20.5. The number of anilines is 1. The van der Waals surface area contributed by atoms with Crippen molar-refractivity contribution in [1.29, 1.82) is 0 Å². The maximum absolute atomic E-state index is 15.7. The van der Waals surface area contributed by atoms with Gasteiger partial charge in [-0.2, -0.15) is 0 Å². The molecule has 1 fully saturated rings. The molecule has 2 aromatic heterocycles. The van der Waals surface area contributed by atoms with Crippen LogP contribution in [-0.4, -0.2) is 65.6 Å². The molecule has 1 amide bonds. The third kappa shape index (κ3) is 4.61. The molecule has 2 N–H and O–H groups in total. The first kappa shape index (κ1) is 25.0. The minimum atomic E-state index is -3.06. The van der Waals surface area contributed by atoms with Crippen LogP contribution in [0.1, 0.15) is 45.8 Å². The number of carbonyl (C=O) groups is 1. The smallest absolute Gasteiger partial charge is 0.285 e. The number of ether oxygens (including phenoxy) is 1. The van der Waals surface area contributed by atoms with Gasteiger partial charge in [-0.25, -0.2) is 23.1 Å². The Morgan fingerprint density at radius 3 is 2.65 bits per heavy atom. The number of aryl methyl sites for hydroxylation is 2. The van der Waals surface area contributed by atoms with Gasteiger partial charge in [0, 0.05) is 50.9 Å². The van der Waals surface area contributed by atoms with Crippen molar-refractivity contribution in [3.63, 3.8) is 0 Å². The highest BCUT2D eigenvalue weighted by atomic mass is 19.3. The van der Waals surface area contributed by atoms with E-state index >= 15 is 4.39 Å². The number of hydrogen-bond acceptors (Lipinski definition) is 7. The lowest BCUT2D eigenvalue weighted by Gasteiger charge is -2.37. The van der Waals surface area contributed by atoms with Gasteiger partial charge in [-0.3, -0.25) is 14.5 Å².